The van der Waals surface area contributed by atoms with E-state index in [1.807, 2.05) is 18.2 Å². The summed E-state index contributed by atoms with van der Waals surface area (Å²) in [6.45, 7) is 0. The summed E-state index contributed by atoms with van der Waals surface area (Å²) in [6, 6.07) is 10.7. The van der Waals surface area contributed by atoms with E-state index in [9.17, 15) is 4.79 Å². The van der Waals surface area contributed by atoms with Crippen LogP contribution in [-0.2, 0) is 11.8 Å². The van der Waals surface area contributed by atoms with E-state index in [4.69, 9.17) is 27.9 Å². The topological polar surface area (TPSA) is 53.4 Å². The van der Waals surface area contributed by atoms with Gasteiger partial charge in [0.05, 0.1) is 12.5 Å². The highest BCUT2D eigenvalue weighted by Gasteiger charge is 2.18. The van der Waals surface area contributed by atoms with Crippen LogP contribution < -0.4 is 4.74 Å². The van der Waals surface area contributed by atoms with E-state index in [0.717, 1.165) is 11.1 Å². The Morgan fingerprint density at radius 2 is 1.96 bits per heavy atom. The minimum absolute atomic E-state index is 0.298. The maximum atomic E-state index is 11.4. The number of nitrogens with zero attached hydrogens (tertiary/aromatic N) is 2. The molecule has 0 aliphatic rings. The van der Waals surface area contributed by atoms with Crippen LogP contribution in [0.1, 0.15) is 0 Å². The number of methoxy groups -OCH3 is 1. The zero-order valence-corrected chi connectivity index (χ0v) is 13.9. The number of hydrogen-bond donors (Lipinski definition) is 0. The van der Waals surface area contributed by atoms with Crippen LogP contribution in [0, 0.1) is 0 Å². The summed E-state index contributed by atoms with van der Waals surface area (Å²) in [5.41, 5.74) is 2.20. The Hall–Kier alpha value is -2.24. The molecule has 0 bridgehead atoms. The molecule has 0 aliphatic heterocycles. The summed E-state index contributed by atoms with van der Waals surface area (Å²) in [7, 11) is 2.93. The van der Waals surface area contributed by atoms with Crippen molar-refractivity contribution < 1.29 is 14.3 Å². The quantitative estimate of drug-likeness (QED) is 0.629. The van der Waals surface area contributed by atoms with Gasteiger partial charge in [0.1, 0.15) is 5.52 Å². The second-order valence-electron chi connectivity index (χ2n) is 4.81. The molecular formula is C16H12Cl2N2O3. The van der Waals surface area contributed by atoms with Crippen LogP contribution in [0.2, 0.25) is 10.0 Å². The third-order valence-electron chi connectivity index (χ3n) is 3.38. The standard InChI is InChI=1S/C16H12Cl2N2O3/c1-20-15(23-16(21)22-2)11-5-3-4-10(14(11)19-20)12-8-9(17)6-7-13(12)18/h3-8H,1-2H3. The molecule has 0 saturated heterocycles. The summed E-state index contributed by atoms with van der Waals surface area (Å²) in [5.74, 6) is 0.298. The zero-order valence-electron chi connectivity index (χ0n) is 12.3. The number of carbonyl (C=O) groups is 1. The number of aryl methyl sites for hydroxylation is 1. The van der Waals surface area contributed by atoms with Crippen molar-refractivity contribution in [3.63, 3.8) is 0 Å². The number of benzene rings is 2. The average Bonchev–Trinajstić information content (AvgIpc) is 2.85. The molecule has 0 amide bonds. The van der Waals surface area contributed by atoms with Crippen molar-refractivity contribution in [2.24, 2.45) is 7.05 Å². The number of fused-ring (bicyclic) bond motifs is 1. The molecule has 118 valence electrons. The molecule has 3 aromatic rings. The summed E-state index contributed by atoms with van der Waals surface area (Å²) in [5, 5.41) is 6.23. The van der Waals surface area contributed by atoms with E-state index >= 15 is 0 Å². The van der Waals surface area contributed by atoms with E-state index in [-0.39, 0.29) is 0 Å². The Labute approximate surface area is 142 Å². The molecule has 0 fully saturated rings. The van der Waals surface area contributed by atoms with Gasteiger partial charge in [0, 0.05) is 28.2 Å². The van der Waals surface area contributed by atoms with Crippen LogP contribution in [0.4, 0.5) is 4.79 Å². The monoisotopic (exact) mass is 350 g/mol. The van der Waals surface area contributed by atoms with Crippen molar-refractivity contribution >= 4 is 40.3 Å². The molecule has 2 aromatic carbocycles. The SMILES string of the molecule is COC(=O)Oc1c2cccc(-c3cc(Cl)ccc3Cl)c2nn1C. The van der Waals surface area contributed by atoms with E-state index < -0.39 is 6.16 Å². The van der Waals surface area contributed by atoms with Crippen LogP contribution in [0.15, 0.2) is 36.4 Å². The largest absolute Gasteiger partial charge is 0.514 e. The lowest BCUT2D eigenvalue weighted by atomic mass is 10.0. The van der Waals surface area contributed by atoms with Crippen LogP contribution in [0.5, 0.6) is 5.88 Å². The first-order valence-electron chi connectivity index (χ1n) is 6.68. The van der Waals surface area contributed by atoms with Crippen LogP contribution in [-0.4, -0.2) is 23.0 Å². The number of aromatic nitrogens is 2. The Morgan fingerprint density at radius 1 is 1.17 bits per heavy atom. The van der Waals surface area contributed by atoms with Gasteiger partial charge in [-0.05, 0) is 24.3 Å². The summed E-state index contributed by atoms with van der Waals surface area (Å²) in [6.07, 6.45) is -0.805. The number of halogens is 2. The van der Waals surface area contributed by atoms with Gasteiger partial charge in [-0.15, -0.1) is 0 Å². The molecule has 0 radical (unpaired) electrons. The Bertz CT molecular complexity index is 906. The van der Waals surface area contributed by atoms with Crippen molar-refractivity contribution in [1.82, 2.24) is 9.78 Å². The van der Waals surface area contributed by atoms with Gasteiger partial charge in [0.2, 0.25) is 5.88 Å². The molecule has 7 heteroatoms. The average molecular weight is 351 g/mol. The second kappa shape index (κ2) is 6.10. The fourth-order valence-electron chi connectivity index (χ4n) is 2.36. The predicted molar refractivity (Wildman–Crippen MR) is 89.2 cm³/mol. The molecule has 5 nitrogen and oxygen atoms in total. The van der Waals surface area contributed by atoms with Gasteiger partial charge in [0.15, 0.2) is 0 Å². The molecular weight excluding hydrogens is 339 g/mol. The highest BCUT2D eigenvalue weighted by molar-refractivity contribution is 6.35. The third kappa shape index (κ3) is 2.85. The summed E-state index contributed by atoms with van der Waals surface area (Å²) < 4.78 is 11.2. The van der Waals surface area contributed by atoms with Gasteiger partial charge in [-0.3, -0.25) is 0 Å². The van der Waals surface area contributed by atoms with E-state index in [1.165, 1.54) is 11.8 Å². The van der Waals surface area contributed by atoms with Crippen molar-refractivity contribution in [2.75, 3.05) is 7.11 Å². The lowest BCUT2D eigenvalue weighted by Crippen LogP contribution is -2.10. The van der Waals surface area contributed by atoms with Gasteiger partial charge in [-0.2, -0.15) is 5.10 Å². The lowest BCUT2D eigenvalue weighted by molar-refractivity contribution is 0.118. The van der Waals surface area contributed by atoms with Crippen molar-refractivity contribution in [1.29, 1.82) is 0 Å². The molecule has 0 spiro atoms. The molecule has 0 unspecified atom stereocenters. The molecule has 1 aromatic heterocycles. The molecule has 0 N–H and O–H groups in total. The van der Waals surface area contributed by atoms with Crippen LogP contribution in [0.3, 0.4) is 0 Å². The van der Waals surface area contributed by atoms with Crippen molar-refractivity contribution in [3.8, 4) is 17.0 Å². The maximum absolute atomic E-state index is 11.4. The first kappa shape index (κ1) is 15.6. The highest BCUT2D eigenvalue weighted by Crippen LogP contribution is 2.37. The molecule has 1 heterocycles. The van der Waals surface area contributed by atoms with Crippen molar-refractivity contribution in [3.05, 3.63) is 46.4 Å². The maximum Gasteiger partial charge on any atom is 0.514 e. The van der Waals surface area contributed by atoms with E-state index in [2.05, 4.69) is 9.84 Å². The smallest absolute Gasteiger partial charge is 0.437 e. The molecule has 0 saturated carbocycles. The number of hydrogen-bond acceptors (Lipinski definition) is 4. The number of ether oxygens (including phenoxy) is 2. The number of carbonyl (C=O) groups excluding carboxylic acids is 1. The number of rotatable bonds is 2. The third-order valence-corrected chi connectivity index (χ3v) is 3.94. The van der Waals surface area contributed by atoms with Crippen LogP contribution >= 0.6 is 23.2 Å². The molecule has 23 heavy (non-hydrogen) atoms. The lowest BCUT2D eigenvalue weighted by Gasteiger charge is -2.06. The van der Waals surface area contributed by atoms with Crippen molar-refractivity contribution in [2.45, 2.75) is 0 Å². The Morgan fingerprint density at radius 3 is 2.70 bits per heavy atom. The van der Waals surface area contributed by atoms with Crippen LogP contribution in [0.25, 0.3) is 22.0 Å². The van der Waals surface area contributed by atoms with Gasteiger partial charge in [0.25, 0.3) is 0 Å². The first-order valence-corrected chi connectivity index (χ1v) is 7.44. The van der Waals surface area contributed by atoms with Gasteiger partial charge in [-0.25, -0.2) is 9.48 Å². The Kier molecular flexibility index (Phi) is 4.15. The second-order valence-corrected chi connectivity index (χ2v) is 5.65. The van der Waals surface area contributed by atoms with E-state index in [0.29, 0.717) is 26.8 Å². The molecule has 0 aliphatic carbocycles. The molecule has 3 rings (SSSR count). The van der Waals surface area contributed by atoms with Gasteiger partial charge >= 0.3 is 6.16 Å². The summed E-state index contributed by atoms with van der Waals surface area (Å²) in [4.78, 5) is 11.4. The zero-order chi connectivity index (χ0) is 16.6. The predicted octanol–water partition coefficient (Wildman–Crippen LogP) is 4.69. The fourth-order valence-corrected chi connectivity index (χ4v) is 2.75. The summed E-state index contributed by atoms with van der Waals surface area (Å²) >= 11 is 12.4. The van der Waals surface area contributed by atoms with Gasteiger partial charge in [-0.1, -0.05) is 35.3 Å². The fraction of sp³-hybridized carbons (Fsp3) is 0.125. The minimum Gasteiger partial charge on any atom is -0.437 e. The highest BCUT2D eigenvalue weighted by atomic mass is 35.5. The normalized spacial score (nSPS) is 10.8. The first-order chi connectivity index (χ1) is 11.0. The minimum atomic E-state index is -0.805. The Balaban J connectivity index is 2.22. The molecule has 0 atom stereocenters. The van der Waals surface area contributed by atoms with Gasteiger partial charge < -0.3 is 9.47 Å². The van der Waals surface area contributed by atoms with E-state index in [1.54, 1.807) is 25.2 Å².